The van der Waals surface area contributed by atoms with Crippen LogP contribution in [0.1, 0.15) is 63.9 Å². The van der Waals surface area contributed by atoms with E-state index in [4.69, 9.17) is 13.8 Å². The van der Waals surface area contributed by atoms with Crippen LogP contribution in [0.15, 0.2) is 54.6 Å². The number of carbonyl (C=O) groups is 2. The molecule has 2 N–H and O–H groups in total. The quantitative estimate of drug-likeness (QED) is 0.0637. The summed E-state index contributed by atoms with van der Waals surface area (Å²) < 4.78 is 29.4. The number of esters is 1. The van der Waals surface area contributed by atoms with Crippen LogP contribution >= 0.6 is 7.75 Å². The van der Waals surface area contributed by atoms with Gasteiger partial charge in [0.1, 0.15) is 11.8 Å². The van der Waals surface area contributed by atoms with Crippen molar-refractivity contribution in [3.8, 4) is 5.75 Å². The minimum atomic E-state index is -4.45. The van der Waals surface area contributed by atoms with Crippen molar-refractivity contribution in [2.75, 3.05) is 13.2 Å². The normalized spacial score (nSPS) is 13.3. The highest BCUT2D eigenvalue weighted by Gasteiger charge is 2.35. The standard InChI is InChI=1S/C27H37N2O9P/c1-2-3-4-5-6-7-8-12-19-36-26(30)21-37-39(35,38-24-17-15-23(16-18-24)29(33)34)28-25(27(31)32)20-22-13-10-9-11-14-22/h9-11,13-18,25H,2-8,12,19-21H2,1H3,(H,28,35)(H,31,32)/t25-,39?/m0/s1. The summed E-state index contributed by atoms with van der Waals surface area (Å²) in [5.74, 6) is -2.16. The number of benzene rings is 2. The minimum Gasteiger partial charge on any atom is -0.480 e. The molecule has 1 unspecified atom stereocenters. The zero-order valence-electron chi connectivity index (χ0n) is 22.2. The fourth-order valence-corrected chi connectivity index (χ4v) is 5.13. The Labute approximate surface area is 228 Å². The summed E-state index contributed by atoms with van der Waals surface area (Å²) in [6.07, 6.45) is 8.62. The maximum atomic E-state index is 13.6. The number of ether oxygens (including phenoxy) is 1. The Morgan fingerprint density at radius 1 is 0.974 bits per heavy atom. The molecule has 0 fully saturated rings. The Kier molecular flexibility index (Phi) is 14.2. The molecule has 2 atom stereocenters. The smallest absolute Gasteiger partial charge is 0.460 e. The molecule has 0 spiro atoms. The van der Waals surface area contributed by atoms with Crippen LogP contribution in [-0.2, 0) is 29.8 Å². The molecule has 39 heavy (non-hydrogen) atoms. The lowest BCUT2D eigenvalue weighted by molar-refractivity contribution is -0.384. The Morgan fingerprint density at radius 2 is 1.59 bits per heavy atom. The first kappa shape index (κ1) is 31.9. The van der Waals surface area contributed by atoms with Gasteiger partial charge in [0.05, 0.1) is 11.5 Å². The van der Waals surface area contributed by atoms with Gasteiger partial charge >= 0.3 is 19.7 Å². The Hall–Kier alpha value is -3.27. The summed E-state index contributed by atoms with van der Waals surface area (Å²) in [5.41, 5.74) is 0.437. The summed E-state index contributed by atoms with van der Waals surface area (Å²) >= 11 is 0. The Balaban J connectivity index is 1.98. The van der Waals surface area contributed by atoms with Gasteiger partial charge in [-0.3, -0.25) is 19.4 Å². The van der Waals surface area contributed by atoms with E-state index >= 15 is 0 Å². The Morgan fingerprint density at radius 3 is 2.18 bits per heavy atom. The van der Waals surface area contributed by atoms with Crippen LogP contribution in [0.5, 0.6) is 5.75 Å². The number of carboxylic acids is 1. The average molecular weight is 565 g/mol. The van der Waals surface area contributed by atoms with E-state index < -0.39 is 37.3 Å². The first-order chi connectivity index (χ1) is 18.7. The molecule has 214 valence electrons. The second-order valence-electron chi connectivity index (χ2n) is 9.02. The highest BCUT2D eigenvalue weighted by atomic mass is 31.2. The monoisotopic (exact) mass is 564 g/mol. The third-order valence-electron chi connectivity index (χ3n) is 5.78. The number of aliphatic carboxylic acids is 1. The van der Waals surface area contributed by atoms with Gasteiger partial charge in [0.2, 0.25) is 0 Å². The van der Waals surface area contributed by atoms with Crippen LogP contribution in [0.3, 0.4) is 0 Å². The van der Waals surface area contributed by atoms with Crippen molar-refractivity contribution < 1.29 is 38.0 Å². The van der Waals surface area contributed by atoms with E-state index in [1.54, 1.807) is 30.3 Å². The molecule has 0 aliphatic carbocycles. The number of hydrogen-bond donors (Lipinski definition) is 2. The molecule has 2 aromatic carbocycles. The van der Waals surface area contributed by atoms with Gasteiger partial charge in [-0.15, -0.1) is 0 Å². The van der Waals surface area contributed by atoms with Crippen molar-refractivity contribution in [3.63, 3.8) is 0 Å². The summed E-state index contributed by atoms with van der Waals surface area (Å²) in [6, 6.07) is 12.0. The summed E-state index contributed by atoms with van der Waals surface area (Å²) in [6.45, 7) is 1.61. The summed E-state index contributed by atoms with van der Waals surface area (Å²) in [4.78, 5) is 34.5. The van der Waals surface area contributed by atoms with Gasteiger partial charge < -0.3 is 14.4 Å². The lowest BCUT2D eigenvalue weighted by atomic mass is 10.1. The number of nitrogens with one attached hydrogen (secondary N) is 1. The van der Waals surface area contributed by atoms with Crippen LogP contribution in [0.25, 0.3) is 0 Å². The number of hydrogen-bond acceptors (Lipinski definition) is 8. The molecule has 2 aromatic rings. The number of carboxylic acid groups (broad SMARTS) is 1. The largest absolute Gasteiger partial charge is 0.480 e. The van der Waals surface area contributed by atoms with Gasteiger partial charge in [-0.1, -0.05) is 82.2 Å². The molecular weight excluding hydrogens is 527 g/mol. The predicted molar refractivity (Wildman–Crippen MR) is 146 cm³/mol. The molecule has 0 aromatic heterocycles. The third kappa shape index (κ3) is 12.9. The number of non-ortho nitro benzene ring substituents is 1. The number of nitrogens with zero attached hydrogens (tertiary/aromatic N) is 1. The Bertz CT molecular complexity index is 1080. The molecule has 0 bridgehead atoms. The van der Waals surface area contributed by atoms with Crippen LogP contribution in [-0.4, -0.2) is 41.2 Å². The summed E-state index contributed by atoms with van der Waals surface area (Å²) in [5, 5.41) is 23.0. The number of nitro benzene ring substituents is 1. The second kappa shape index (κ2) is 17.3. The number of carbonyl (C=O) groups excluding carboxylic acids is 1. The highest BCUT2D eigenvalue weighted by Crippen LogP contribution is 2.45. The van der Waals surface area contributed by atoms with Crippen LogP contribution in [0, 0.1) is 10.1 Å². The van der Waals surface area contributed by atoms with Gasteiger partial charge in [-0.05, 0) is 30.5 Å². The van der Waals surface area contributed by atoms with Crippen LogP contribution < -0.4 is 9.61 Å². The maximum Gasteiger partial charge on any atom is 0.460 e. The van der Waals surface area contributed by atoms with E-state index in [9.17, 15) is 29.4 Å². The van der Waals surface area contributed by atoms with Gasteiger partial charge in [-0.25, -0.2) is 9.36 Å². The molecule has 2 rings (SSSR count). The first-order valence-electron chi connectivity index (χ1n) is 13.1. The lowest BCUT2D eigenvalue weighted by Crippen LogP contribution is -2.38. The second-order valence-corrected chi connectivity index (χ2v) is 10.7. The van der Waals surface area contributed by atoms with Crippen molar-refractivity contribution in [1.29, 1.82) is 0 Å². The molecule has 0 saturated heterocycles. The highest BCUT2D eigenvalue weighted by molar-refractivity contribution is 7.52. The molecule has 0 radical (unpaired) electrons. The number of unbranched alkanes of at least 4 members (excludes halogenated alkanes) is 7. The van der Waals surface area contributed by atoms with E-state index in [0.717, 1.165) is 31.4 Å². The zero-order valence-corrected chi connectivity index (χ0v) is 23.1. The molecule has 0 aliphatic rings. The predicted octanol–water partition coefficient (Wildman–Crippen LogP) is 6.07. The van der Waals surface area contributed by atoms with Crippen LogP contribution in [0.4, 0.5) is 5.69 Å². The minimum absolute atomic E-state index is 0.0456. The van der Waals surface area contributed by atoms with E-state index in [0.29, 0.717) is 12.0 Å². The van der Waals surface area contributed by atoms with Gasteiger partial charge in [0.25, 0.3) is 5.69 Å². The average Bonchev–Trinajstić information content (AvgIpc) is 2.91. The molecule has 11 nitrogen and oxygen atoms in total. The summed E-state index contributed by atoms with van der Waals surface area (Å²) in [7, 11) is -4.45. The van der Waals surface area contributed by atoms with Crippen molar-refractivity contribution in [1.82, 2.24) is 5.09 Å². The molecule has 12 heteroatoms. The lowest BCUT2D eigenvalue weighted by Gasteiger charge is -2.23. The van der Waals surface area contributed by atoms with Gasteiger partial charge in [0, 0.05) is 12.1 Å². The molecule has 0 saturated carbocycles. The number of nitro groups is 1. The van der Waals surface area contributed by atoms with Crippen molar-refractivity contribution >= 4 is 25.4 Å². The van der Waals surface area contributed by atoms with E-state index in [-0.39, 0.29) is 24.5 Å². The van der Waals surface area contributed by atoms with Gasteiger partial charge in [-0.2, -0.15) is 5.09 Å². The van der Waals surface area contributed by atoms with Crippen LogP contribution in [0.2, 0.25) is 0 Å². The third-order valence-corrected chi connectivity index (χ3v) is 7.33. The molecule has 0 heterocycles. The van der Waals surface area contributed by atoms with Gasteiger partial charge in [0.15, 0.2) is 6.61 Å². The maximum absolute atomic E-state index is 13.6. The fourth-order valence-electron chi connectivity index (χ4n) is 3.69. The zero-order chi connectivity index (χ0) is 28.5. The number of rotatable bonds is 20. The molecular formula is C27H37N2O9P. The van der Waals surface area contributed by atoms with Crippen molar-refractivity contribution in [2.24, 2.45) is 0 Å². The SMILES string of the molecule is CCCCCCCCCCOC(=O)COP(=O)(N[C@@H](Cc1ccccc1)C(=O)O)Oc1ccc([N+](=O)[O-])cc1. The topological polar surface area (TPSA) is 154 Å². The van der Waals surface area contributed by atoms with E-state index in [2.05, 4.69) is 12.0 Å². The molecule has 0 aliphatic heterocycles. The van der Waals surface area contributed by atoms with E-state index in [1.807, 2.05) is 0 Å². The van der Waals surface area contributed by atoms with Crippen molar-refractivity contribution in [2.45, 2.75) is 70.8 Å². The fraction of sp³-hybridized carbons (Fsp3) is 0.481. The van der Waals surface area contributed by atoms with E-state index in [1.165, 1.54) is 37.8 Å². The first-order valence-corrected chi connectivity index (χ1v) is 14.7. The molecule has 0 amide bonds. The van der Waals surface area contributed by atoms with Crippen molar-refractivity contribution in [3.05, 3.63) is 70.3 Å².